The van der Waals surface area contributed by atoms with Crippen molar-refractivity contribution >= 4 is 11.4 Å². The molecular formula is C5H8O5S. The van der Waals surface area contributed by atoms with Gasteiger partial charge >= 0.3 is 11.4 Å². The molecule has 5 nitrogen and oxygen atoms in total. The van der Waals surface area contributed by atoms with Crippen LogP contribution in [0.3, 0.4) is 0 Å². The molecule has 0 aromatic carbocycles. The topological polar surface area (TPSA) is 65.0 Å². The van der Waals surface area contributed by atoms with E-state index in [0.717, 1.165) is 0 Å². The van der Waals surface area contributed by atoms with Crippen LogP contribution in [0, 0.1) is 0 Å². The molecule has 2 heterocycles. The van der Waals surface area contributed by atoms with Gasteiger partial charge in [-0.3, -0.25) is 8.37 Å². The minimum atomic E-state index is -1.71. The van der Waals surface area contributed by atoms with E-state index in [1.165, 1.54) is 0 Å². The number of rotatable bonds is 0. The number of ether oxygens (including phenoxy) is 1. The van der Waals surface area contributed by atoms with E-state index in [1.807, 2.05) is 0 Å². The van der Waals surface area contributed by atoms with Gasteiger partial charge in [0.15, 0.2) is 0 Å². The van der Waals surface area contributed by atoms with Gasteiger partial charge < -0.3 is 9.84 Å². The molecule has 0 spiro atoms. The first-order valence-corrected chi connectivity index (χ1v) is 4.29. The van der Waals surface area contributed by atoms with E-state index in [4.69, 9.17) is 8.92 Å². The van der Waals surface area contributed by atoms with Crippen molar-refractivity contribution in [2.75, 3.05) is 13.2 Å². The molecule has 4 atom stereocenters. The second-order valence-corrected chi connectivity index (χ2v) is 3.33. The van der Waals surface area contributed by atoms with E-state index in [2.05, 4.69) is 4.18 Å². The van der Waals surface area contributed by atoms with Crippen LogP contribution in [0.2, 0.25) is 0 Å². The highest BCUT2D eigenvalue weighted by molar-refractivity contribution is 7.75. The van der Waals surface area contributed by atoms with E-state index in [0.29, 0.717) is 0 Å². The minimum absolute atomic E-state index is 0.230. The van der Waals surface area contributed by atoms with Crippen molar-refractivity contribution in [3.63, 3.8) is 0 Å². The number of fused-ring (bicyclic) bond motifs is 1. The average molecular weight is 180 g/mol. The Morgan fingerprint density at radius 3 is 3.09 bits per heavy atom. The number of aliphatic hydroxyl groups is 1. The molecule has 1 unspecified atom stereocenters. The second kappa shape index (κ2) is 2.80. The standard InChI is InChI=1S/C5H8O5S/c6-3-1-8-4-2-9-11(7)10-5(3)4/h3-6H,1-2H2/t3-,4+,5+,11?/m0/s1. The Kier molecular flexibility index (Phi) is 1.94. The molecule has 1 N–H and O–H groups in total. The van der Waals surface area contributed by atoms with Crippen molar-refractivity contribution < 1.29 is 22.4 Å². The summed E-state index contributed by atoms with van der Waals surface area (Å²) in [6.07, 6.45) is -1.42. The van der Waals surface area contributed by atoms with Crippen LogP contribution in [-0.4, -0.2) is 40.8 Å². The number of hydrogen-bond donors (Lipinski definition) is 1. The first-order chi connectivity index (χ1) is 5.27. The Morgan fingerprint density at radius 2 is 2.27 bits per heavy atom. The van der Waals surface area contributed by atoms with Gasteiger partial charge in [-0.05, 0) is 0 Å². The lowest BCUT2D eigenvalue weighted by atomic mass is 10.2. The lowest BCUT2D eigenvalue weighted by molar-refractivity contribution is -0.0150. The third kappa shape index (κ3) is 1.32. The largest absolute Gasteiger partial charge is 0.388 e. The van der Waals surface area contributed by atoms with Crippen LogP contribution < -0.4 is 0 Å². The molecule has 0 saturated carbocycles. The van der Waals surface area contributed by atoms with Crippen molar-refractivity contribution in [3.8, 4) is 0 Å². The zero-order valence-electron chi connectivity index (χ0n) is 5.63. The molecule has 2 fully saturated rings. The van der Waals surface area contributed by atoms with Crippen LogP contribution in [0.5, 0.6) is 0 Å². The molecular weight excluding hydrogens is 172 g/mol. The molecule has 2 aliphatic rings. The summed E-state index contributed by atoms with van der Waals surface area (Å²) in [7, 11) is 0. The van der Waals surface area contributed by atoms with E-state index in [-0.39, 0.29) is 19.3 Å². The zero-order valence-corrected chi connectivity index (χ0v) is 6.45. The minimum Gasteiger partial charge on any atom is -0.388 e. The zero-order chi connectivity index (χ0) is 7.84. The van der Waals surface area contributed by atoms with E-state index >= 15 is 0 Å². The fourth-order valence-corrected chi connectivity index (χ4v) is 1.90. The summed E-state index contributed by atoms with van der Waals surface area (Å²) in [4.78, 5) is 0. The first kappa shape index (κ1) is 7.63. The molecule has 11 heavy (non-hydrogen) atoms. The van der Waals surface area contributed by atoms with Gasteiger partial charge in [-0.15, -0.1) is 0 Å². The predicted octanol–water partition coefficient (Wildman–Crippen LogP) is -1.26. The fourth-order valence-electron chi connectivity index (χ4n) is 1.17. The maximum Gasteiger partial charge on any atom is 0.305 e. The molecule has 64 valence electrons. The van der Waals surface area contributed by atoms with Gasteiger partial charge in [0, 0.05) is 0 Å². The Hall–Kier alpha value is -0.0100. The van der Waals surface area contributed by atoms with E-state index < -0.39 is 23.6 Å². The van der Waals surface area contributed by atoms with Crippen LogP contribution in [-0.2, 0) is 24.5 Å². The monoisotopic (exact) mass is 180 g/mol. The molecule has 2 saturated heterocycles. The molecule has 0 bridgehead atoms. The number of hydrogen-bond acceptors (Lipinski definition) is 5. The fraction of sp³-hybridized carbons (Fsp3) is 1.00. The molecule has 6 heteroatoms. The highest BCUT2D eigenvalue weighted by Gasteiger charge is 2.42. The summed E-state index contributed by atoms with van der Waals surface area (Å²) in [6.45, 7) is 0.463. The quantitative estimate of drug-likeness (QED) is 0.504. The second-order valence-electron chi connectivity index (χ2n) is 2.49. The van der Waals surface area contributed by atoms with Crippen LogP contribution in [0.25, 0.3) is 0 Å². The van der Waals surface area contributed by atoms with E-state index in [9.17, 15) is 9.32 Å². The summed E-state index contributed by atoms with van der Waals surface area (Å²) in [5.74, 6) is 0. The van der Waals surface area contributed by atoms with Crippen molar-refractivity contribution in [1.82, 2.24) is 0 Å². The van der Waals surface area contributed by atoms with Crippen molar-refractivity contribution in [2.24, 2.45) is 0 Å². The molecule has 0 aromatic rings. The van der Waals surface area contributed by atoms with Crippen molar-refractivity contribution in [3.05, 3.63) is 0 Å². The highest BCUT2D eigenvalue weighted by Crippen LogP contribution is 2.23. The summed E-state index contributed by atoms with van der Waals surface area (Å²) < 4.78 is 25.2. The molecule has 0 aromatic heterocycles. The third-order valence-electron chi connectivity index (χ3n) is 1.74. The predicted molar refractivity (Wildman–Crippen MR) is 34.7 cm³/mol. The Bertz CT molecular complexity index is 184. The maximum atomic E-state index is 10.7. The number of aliphatic hydroxyl groups excluding tert-OH is 1. The summed E-state index contributed by atoms with van der Waals surface area (Å²) in [5, 5.41) is 9.20. The molecule has 0 radical (unpaired) electrons. The smallest absolute Gasteiger partial charge is 0.305 e. The van der Waals surface area contributed by atoms with Gasteiger partial charge in [0.1, 0.15) is 18.3 Å². The van der Waals surface area contributed by atoms with Gasteiger partial charge in [0.05, 0.1) is 13.2 Å². The first-order valence-electron chi connectivity index (χ1n) is 3.29. The Labute approximate surface area is 66.1 Å². The van der Waals surface area contributed by atoms with Crippen LogP contribution >= 0.6 is 0 Å². The molecule has 2 aliphatic heterocycles. The van der Waals surface area contributed by atoms with Crippen LogP contribution in [0.1, 0.15) is 0 Å². The van der Waals surface area contributed by atoms with Gasteiger partial charge in [0.25, 0.3) is 0 Å². The third-order valence-corrected chi connectivity index (χ3v) is 2.45. The lowest BCUT2D eigenvalue weighted by Crippen LogP contribution is -2.41. The van der Waals surface area contributed by atoms with Gasteiger partial charge in [-0.2, -0.15) is 4.21 Å². The van der Waals surface area contributed by atoms with Crippen LogP contribution in [0.15, 0.2) is 0 Å². The highest BCUT2D eigenvalue weighted by atomic mass is 32.2. The molecule has 0 amide bonds. The van der Waals surface area contributed by atoms with Gasteiger partial charge in [-0.25, -0.2) is 0 Å². The normalized spacial score (nSPS) is 50.6. The van der Waals surface area contributed by atoms with Crippen molar-refractivity contribution in [1.29, 1.82) is 0 Å². The molecule has 2 rings (SSSR count). The molecule has 0 aliphatic carbocycles. The Balaban J connectivity index is 2.07. The van der Waals surface area contributed by atoms with Gasteiger partial charge in [-0.1, -0.05) is 0 Å². The van der Waals surface area contributed by atoms with Gasteiger partial charge in [0.2, 0.25) is 0 Å². The summed E-state index contributed by atoms with van der Waals surface area (Å²) >= 11 is -1.71. The summed E-state index contributed by atoms with van der Waals surface area (Å²) in [6, 6.07) is 0. The SMILES string of the molecule is O=S1OC[C@H]2OC[C@H](O)[C@H]2O1. The maximum absolute atomic E-state index is 10.7. The summed E-state index contributed by atoms with van der Waals surface area (Å²) in [5.41, 5.74) is 0. The average Bonchev–Trinajstić information content (AvgIpc) is 2.33. The lowest BCUT2D eigenvalue weighted by Gasteiger charge is -2.23. The Morgan fingerprint density at radius 1 is 1.45 bits per heavy atom. The van der Waals surface area contributed by atoms with E-state index in [1.54, 1.807) is 0 Å². The van der Waals surface area contributed by atoms with Crippen molar-refractivity contribution in [2.45, 2.75) is 18.3 Å². The van der Waals surface area contributed by atoms with Crippen LogP contribution in [0.4, 0.5) is 0 Å².